The number of likely N-dealkylation sites (N-methyl/N-ethyl adjacent to an activating group) is 1. The summed E-state index contributed by atoms with van der Waals surface area (Å²) >= 11 is 0. The van der Waals surface area contributed by atoms with Crippen molar-refractivity contribution < 1.29 is 0 Å². The minimum absolute atomic E-state index is 0.790. The predicted octanol–water partition coefficient (Wildman–Crippen LogP) is 3.28. The van der Waals surface area contributed by atoms with Gasteiger partial charge < -0.3 is 5.32 Å². The maximum Gasteiger partial charge on any atom is 0.0220 e. The van der Waals surface area contributed by atoms with Crippen molar-refractivity contribution >= 4 is 0 Å². The molecule has 2 nitrogen and oxygen atoms in total. The minimum Gasteiger partial charge on any atom is -0.315 e. The van der Waals surface area contributed by atoms with Gasteiger partial charge >= 0.3 is 0 Å². The van der Waals surface area contributed by atoms with Gasteiger partial charge in [-0.25, -0.2) is 0 Å². The highest BCUT2D eigenvalue weighted by Gasteiger charge is 2.33. The molecular formula is C16H32N2. The second kappa shape index (κ2) is 7.49. The lowest BCUT2D eigenvalue weighted by molar-refractivity contribution is 0.0535. The van der Waals surface area contributed by atoms with Crippen LogP contribution < -0.4 is 5.32 Å². The first kappa shape index (κ1) is 14.3. The molecule has 106 valence electrons. The molecule has 0 aromatic rings. The first-order valence-electron chi connectivity index (χ1n) is 8.29. The molecule has 1 N–H and O–H groups in total. The molecule has 0 bridgehead atoms. The van der Waals surface area contributed by atoms with Gasteiger partial charge in [0.25, 0.3) is 0 Å². The second-order valence-electron chi connectivity index (χ2n) is 6.34. The Morgan fingerprint density at radius 1 is 1.11 bits per heavy atom. The van der Waals surface area contributed by atoms with E-state index >= 15 is 0 Å². The fraction of sp³-hybridized carbons (Fsp3) is 1.00. The molecule has 0 radical (unpaired) electrons. The molecular weight excluding hydrogens is 220 g/mol. The summed E-state index contributed by atoms with van der Waals surface area (Å²) in [4.78, 5) is 2.80. The van der Waals surface area contributed by atoms with Crippen molar-refractivity contribution in [1.29, 1.82) is 0 Å². The van der Waals surface area contributed by atoms with Gasteiger partial charge in [0.2, 0.25) is 0 Å². The van der Waals surface area contributed by atoms with Crippen LogP contribution in [-0.2, 0) is 0 Å². The van der Waals surface area contributed by atoms with E-state index in [1.807, 2.05) is 0 Å². The Bertz CT molecular complexity index is 229. The number of rotatable bonds is 6. The van der Waals surface area contributed by atoms with Crippen LogP contribution in [0.5, 0.6) is 0 Å². The van der Waals surface area contributed by atoms with Gasteiger partial charge in [-0.2, -0.15) is 0 Å². The van der Waals surface area contributed by atoms with Crippen LogP contribution in [0.4, 0.5) is 0 Å². The largest absolute Gasteiger partial charge is 0.315 e. The molecule has 0 aromatic heterocycles. The number of piperidine rings is 1. The highest BCUT2D eigenvalue weighted by molar-refractivity contribution is 4.87. The van der Waals surface area contributed by atoms with Crippen LogP contribution in [0.2, 0.25) is 0 Å². The number of hydrogen-bond donors (Lipinski definition) is 1. The zero-order valence-electron chi connectivity index (χ0n) is 12.5. The first-order valence-corrected chi connectivity index (χ1v) is 8.29. The molecule has 1 aliphatic heterocycles. The normalized spacial score (nSPS) is 31.0. The van der Waals surface area contributed by atoms with E-state index in [-0.39, 0.29) is 0 Å². The van der Waals surface area contributed by atoms with E-state index in [4.69, 9.17) is 0 Å². The van der Waals surface area contributed by atoms with Crippen LogP contribution in [0.3, 0.4) is 0 Å². The SMILES string of the molecule is CCCC(CNCC)N1CCC2CCCCC2C1. The molecule has 1 saturated heterocycles. The van der Waals surface area contributed by atoms with Gasteiger partial charge in [0.15, 0.2) is 0 Å². The van der Waals surface area contributed by atoms with E-state index in [9.17, 15) is 0 Å². The van der Waals surface area contributed by atoms with E-state index in [1.165, 1.54) is 64.6 Å². The lowest BCUT2D eigenvalue weighted by Gasteiger charge is -2.44. The maximum atomic E-state index is 3.56. The highest BCUT2D eigenvalue weighted by Crippen LogP contribution is 2.36. The van der Waals surface area contributed by atoms with Gasteiger partial charge in [-0.05, 0) is 44.2 Å². The minimum atomic E-state index is 0.790. The molecule has 1 heterocycles. The molecule has 2 rings (SSSR count). The molecule has 1 saturated carbocycles. The summed E-state index contributed by atoms with van der Waals surface area (Å²) in [6, 6.07) is 0.790. The van der Waals surface area contributed by atoms with Crippen LogP contribution in [-0.4, -0.2) is 37.1 Å². The van der Waals surface area contributed by atoms with Crippen molar-refractivity contribution in [2.45, 2.75) is 64.8 Å². The van der Waals surface area contributed by atoms with Gasteiger partial charge in [0.1, 0.15) is 0 Å². The average Bonchev–Trinajstić information content (AvgIpc) is 2.43. The van der Waals surface area contributed by atoms with Crippen molar-refractivity contribution in [2.75, 3.05) is 26.2 Å². The van der Waals surface area contributed by atoms with Crippen LogP contribution >= 0.6 is 0 Å². The van der Waals surface area contributed by atoms with Crippen LogP contribution in [0.15, 0.2) is 0 Å². The third-order valence-corrected chi connectivity index (χ3v) is 5.09. The number of likely N-dealkylation sites (tertiary alicyclic amines) is 1. The predicted molar refractivity (Wildman–Crippen MR) is 78.9 cm³/mol. The Labute approximate surface area is 114 Å². The van der Waals surface area contributed by atoms with E-state index in [0.717, 1.165) is 24.4 Å². The van der Waals surface area contributed by atoms with Gasteiger partial charge in [-0.1, -0.05) is 39.5 Å². The van der Waals surface area contributed by atoms with Crippen molar-refractivity contribution in [2.24, 2.45) is 11.8 Å². The van der Waals surface area contributed by atoms with E-state index in [2.05, 4.69) is 24.1 Å². The summed E-state index contributed by atoms with van der Waals surface area (Å²) in [6.07, 6.45) is 10.2. The van der Waals surface area contributed by atoms with E-state index in [0.29, 0.717) is 0 Å². The van der Waals surface area contributed by atoms with Crippen molar-refractivity contribution in [3.63, 3.8) is 0 Å². The number of nitrogens with zero attached hydrogens (tertiary/aromatic N) is 1. The summed E-state index contributed by atoms with van der Waals surface area (Å²) in [5.74, 6) is 2.09. The lowest BCUT2D eigenvalue weighted by atomic mass is 9.75. The number of nitrogens with one attached hydrogen (secondary N) is 1. The Morgan fingerprint density at radius 2 is 1.89 bits per heavy atom. The first-order chi connectivity index (χ1) is 8.85. The Hall–Kier alpha value is -0.0800. The van der Waals surface area contributed by atoms with Crippen molar-refractivity contribution in [1.82, 2.24) is 10.2 Å². The summed E-state index contributed by atoms with van der Waals surface area (Å²) in [5, 5.41) is 3.56. The third kappa shape index (κ3) is 3.71. The van der Waals surface area contributed by atoms with Crippen molar-refractivity contribution in [3.8, 4) is 0 Å². The molecule has 1 aliphatic carbocycles. The fourth-order valence-corrected chi connectivity index (χ4v) is 4.02. The summed E-state index contributed by atoms with van der Waals surface area (Å²) in [6.45, 7) is 9.60. The third-order valence-electron chi connectivity index (χ3n) is 5.09. The van der Waals surface area contributed by atoms with Gasteiger partial charge in [-0.3, -0.25) is 4.90 Å². The smallest absolute Gasteiger partial charge is 0.0220 e. The quantitative estimate of drug-likeness (QED) is 0.780. The zero-order chi connectivity index (χ0) is 12.8. The molecule has 0 aromatic carbocycles. The Balaban J connectivity index is 1.86. The molecule has 2 fully saturated rings. The molecule has 0 spiro atoms. The lowest BCUT2D eigenvalue weighted by Crippen LogP contribution is -2.50. The highest BCUT2D eigenvalue weighted by atomic mass is 15.2. The molecule has 3 unspecified atom stereocenters. The molecule has 2 aliphatic rings. The van der Waals surface area contributed by atoms with Crippen LogP contribution in [0.25, 0.3) is 0 Å². The monoisotopic (exact) mass is 252 g/mol. The van der Waals surface area contributed by atoms with Gasteiger partial charge in [0, 0.05) is 19.1 Å². The maximum absolute atomic E-state index is 3.56. The van der Waals surface area contributed by atoms with Crippen LogP contribution in [0.1, 0.15) is 58.8 Å². The Kier molecular flexibility index (Phi) is 5.97. The topological polar surface area (TPSA) is 15.3 Å². The average molecular weight is 252 g/mol. The number of hydrogen-bond acceptors (Lipinski definition) is 2. The molecule has 0 amide bonds. The standard InChI is InChI=1S/C16H32N2/c1-3-7-16(12-17-4-2)18-11-10-14-8-5-6-9-15(14)13-18/h14-17H,3-13H2,1-2H3. The van der Waals surface area contributed by atoms with Gasteiger partial charge in [-0.15, -0.1) is 0 Å². The van der Waals surface area contributed by atoms with Crippen molar-refractivity contribution in [3.05, 3.63) is 0 Å². The Morgan fingerprint density at radius 3 is 2.61 bits per heavy atom. The summed E-state index contributed by atoms with van der Waals surface area (Å²) < 4.78 is 0. The number of fused-ring (bicyclic) bond motifs is 1. The summed E-state index contributed by atoms with van der Waals surface area (Å²) in [7, 11) is 0. The summed E-state index contributed by atoms with van der Waals surface area (Å²) in [5.41, 5.74) is 0. The molecule has 3 atom stereocenters. The van der Waals surface area contributed by atoms with E-state index in [1.54, 1.807) is 0 Å². The molecule has 2 heteroatoms. The fourth-order valence-electron chi connectivity index (χ4n) is 4.02. The molecule has 18 heavy (non-hydrogen) atoms. The second-order valence-corrected chi connectivity index (χ2v) is 6.34. The zero-order valence-corrected chi connectivity index (χ0v) is 12.5. The van der Waals surface area contributed by atoms with E-state index < -0.39 is 0 Å². The van der Waals surface area contributed by atoms with Gasteiger partial charge in [0.05, 0.1) is 0 Å². The van der Waals surface area contributed by atoms with Crippen LogP contribution in [0, 0.1) is 11.8 Å².